The van der Waals surface area contributed by atoms with Crippen LogP contribution in [0.1, 0.15) is 11.4 Å². The molecule has 0 amide bonds. The van der Waals surface area contributed by atoms with Gasteiger partial charge in [0.25, 0.3) is 0 Å². The van der Waals surface area contributed by atoms with Gasteiger partial charge < -0.3 is 4.57 Å². The molecule has 0 saturated heterocycles. The van der Waals surface area contributed by atoms with Crippen molar-refractivity contribution in [3.05, 3.63) is 94.2 Å². The lowest BCUT2D eigenvalue weighted by atomic mass is 10.2. The predicted octanol–water partition coefficient (Wildman–Crippen LogP) is 5.21. The van der Waals surface area contributed by atoms with Crippen LogP contribution in [0.4, 0.5) is 0 Å². The van der Waals surface area contributed by atoms with E-state index in [1.54, 1.807) is 49.5 Å². The fourth-order valence-electron chi connectivity index (χ4n) is 3.30. The Morgan fingerprint density at radius 2 is 1.67 bits per heavy atom. The molecule has 3 aromatic carbocycles. The number of aromatic nitrogens is 2. The number of halogens is 2. The highest BCUT2D eigenvalue weighted by atomic mass is 35.5. The van der Waals surface area contributed by atoms with E-state index in [1.165, 1.54) is 4.31 Å². The van der Waals surface area contributed by atoms with Crippen LogP contribution in [0.2, 0.25) is 10.0 Å². The van der Waals surface area contributed by atoms with E-state index in [0.29, 0.717) is 22.4 Å². The van der Waals surface area contributed by atoms with Gasteiger partial charge in [-0.15, -0.1) is 0 Å². The minimum atomic E-state index is -3.64. The summed E-state index contributed by atoms with van der Waals surface area (Å²) in [6.07, 6.45) is 0. The zero-order valence-electron chi connectivity index (χ0n) is 16.2. The van der Waals surface area contributed by atoms with Crippen molar-refractivity contribution < 1.29 is 8.42 Å². The molecule has 1 aromatic heterocycles. The van der Waals surface area contributed by atoms with E-state index < -0.39 is 10.0 Å². The average Bonchev–Trinajstić information content (AvgIpc) is 3.07. The molecule has 0 bridgehead atoms. The molecule has 0 N–H and O–H groups in total. The van der Waals surface area contributed by atoms with Gasteiger partial charge in [-0.05, 0) is 42.0 Å². The maximum absolute atomic E-state index is 13.0. The number of para-hydroxylation sites is 2. The van der Waals surface area contributed by atoms with Crippen molar-refractivity contribution in [2.24, 2.45) is 0 Å². The van der Waals surface area contributed by atoms with Crippen molar-refractivity contribution in [2.45, 2.75) is 18.0 Å². The third kappa shape index (κ3) is 4.09. The summed E-state index contributed by atoms with van der Waals surface area (Å²) in [5, 5.41) is 1.12. The van der Waals surface area contributed by atoms with Crippen molar-refractivity contribution in [3.8, 4) is 0 Å². The van der Waals surface area contributed by atoms with Crippen LogP contribution in [0.5, 0.6) is 0 Å². The van der Waals surface area contributed by atoms with Crippen LogP contribution in [-0.4, -0.2) is 29.3 Å². The van der Waals surface area contributed by atoms with Gasteiger partial charge in [0.1, 0.15) is 5.82 Å². The molecule has 0 unspecified atom stereocenters. The van der Waals surface area contributed by atoms with Crippen LogP contribution in [0.3, 0.4) is 0 Å². The maximum Gasteiger partial charge on any atom is 0.243 e. The highest BCUT2D eigenvalue weighted by molar-refractivity contribution is 7.89. The van der Waals surface area contributed by atoms with Crippen LogP contribution in [0, 0.1) is 0 Å². The summed E-state index contributed by atoms with van der Waals surface area (Å²) < 4.78 is 29.2. The summed E-state index contributed by atoms with van der Waals surface area (Å²) in [7, 11) is -2.08. The Kier molecular flexibility index (Phi) is 5.84. The summed E-state index contributed by atoms with van der Waals surface area (Å²) in [6.45, 7) is 0.572. The molecular formula is C22H19Cl2N3O2S. The Morgan fingerprint density at radius 3 is 2.40 bits per heavy atom. The van der Waals surface area contributed by atoms with E-state index in [-0.39, 0.29) is 11.4 Å². The summed E-state index contributed by atoms with van der Waals surface area (Å²) >= 11 is 12.4. The topological polar surface area (TPSA) is 55.2 Å². The number of rotatable bonds is 6. The number of hydrogen-bond donors (Lipinski definition) is 0. The zero-order chi connectivity index (χ0) is 21.3. The molecule has 0 saturated carbocycles. The van der Waals surface area contributed by atoms with Crippen molar-refractivity contribution >= 4 is 44.3 Å². The lowest BCUT2D eigenvalue weighted by Gasteiger charge is -2.18. The van der Waals surface area contributed by atoms with Gasteiger partial charge in [0.15, 0.2) is 0 Å². The lowest BCUT2D eigenvalue weighted by Crippen LogP contribution is -2.28. The van der Waals surface area contributed by atoms with Gasteiger partial charge >= 0.3 is 0 Å². The van der Waals surface area contributed by atoms with E-state index in [0.717, 1.165) is 16.6 Å². The van der Waals surface area contributed by atoms with Gasteiger partial charge in [-0.1, -0.05) is 59.6 Å². The van der Waals surface area contributed by atoms with E-state index in [1.807, 2.05) is 34.9 Å². The highest BCUT2D eigenvalue weighted by Crippen LogP contribution is 2.26. The number of fused-ring (bicyclic) bond motifs is 1. The second kappa shape index (κ2) is 8.40. The van der Waals surface area contributed by atoms with Crippen molar-refractivity contribution in [2.75, 3.05) is 7.05 Å². The molecule has 5 nitrogen and oxygen atoms in total. The largest absolute Gasteiger partial charge is 0.322 e. The first-order chi connectivity index (χ1) is 14.4. The van der Waals surface area contributed by atoms with Gasteiger partial charge in [0.05, 0.1) is 29.0 Å². The molecule has 0 radical (unpaired) electrons. The molecule has 0 atom stereocenters. The molecule has 0 spiro atoms. The minimum Gasteiger partial charge on any atom is -0.322 e. The molecule has 4 rings (SSSR count). The summed E-state index contributed by atoms with van der Waals surface area (Å²) in [6, 6.07) is 21.4. The van der Waals surface area contributed by atoms with Crippen LogP contribution < -0.4 is 0 Å². The molecule has 4 aromatic rings. The predicted molar refractivity (Wildman–Crippen MR) is 120 cm³/mol. The third-order valence-corrected chi connectivity index (χ3v) is 7.30. The average molecular weight is 460 g/mol. The number of benzene rings is 3. The Morgan fingerprint density at radius 1 is 0.967 bits per heavy atom. The molecule has 0 aliphatic rings. The Balaban J connectivity index is 1.73. The van der Waals surface area contributed by atoms with Crippen molar-refractivity contribution in [1.82, 2.24) is 13.9 Å². The van der Waals surface area contributed by atoms with Crippen LogP contribution in [-0.2, 0) is 23.1 Å². The zero-order valence-corrected chi connectivity index (χ0v) is 18.5. The molecule has 154 valence electrons. The molecule has 0 aliphatic carbocycles. The second-order valence-corrected chi connectivity index (χ2v) is 9.80. The number of sulfonamides is 1. The standard InChI is InChI=1S/C22H19Cl2N3O2S/c1-26(30(28,29)18-7-3-2-4-8-18)15-22-25-20-9-5-6-10-21(20)27(22)14-16-11-12-17(23)13-19(16)24/h2-13H,14-15H2,1H3. The van der Waals surface area contributed by atoms with Crippen LogP contribution >= 0.6 is 23.2 Å². The van der Waals surface area contributed by atoms with Crippen LogP contribution in [0.15, 0.2) is 77.7 Å². The fraction of sp³-hybridized carbons (Fsp3) is 0.136. The first-order valence-electron chi connectivity index (χ1n) is 9.26. The first kappa shape index (κ1) is 20.9. The number of hydrogen-bond acceptors (Lipinski definition) is 3. The molecule has 0 aliphatic heterocycles. The van der Waals surface area contributed by atoms with Crippen LogP contribution in [0.25, 0.3) is 11.0 Å². The SMILES string of the molecule is CN(Cc1nc2ccccc2n1Cc1ccc(Cl)cc1Cl)S(=O)(=O)c1ccccc1. The van der Waals surface area contributed by atoms with E-state index in [4.69, 9.17) is 28.2 Å². The Labute approximate surface area is 185 Å². The Hall–Kier alpha value is -2.38. The van der Waals surface area contributed by atoms with Crippen molar-refractivity contribution in [1.29, 1.82) is 0 Å². The number of nitrogens with zero attached hydrogens (tertiary/aromatic N) is 3. The summed E-state index contributed by atoms with van der Waals surface area (Å²) in [4.78, 5) is 4.94. The monoisotopic (exact) mass is 459 g/mol. The first-order valence-corrected chi connectivity index (χ1v) is 11.5. The summed E-state index contributed by atoms with van der Waals surface area (Å²) in [5.74, 6) is 0.629. The van der Waals surface area contributed by atoms with Gasteiger partial charge in [-0.25, -0.2) is 13.4 Å². The Bertz CT molecular complexity index is 1300. The van der Waals surface area contributed by atoms with Gasteiger partial charge in [0, 0.05) is 17.1 Å². The molecule has 1 heterocycles. The summed E-state index contributed by atoms with van der Waals surface area (Å²) in [5.41, 5.74) is 2.58. The fourth-order valence-corrected chi connectivity index (χ4v) is 4.91. The minimum absolute atomic E-state index is 0.122. The quantitative estimate of drug-likeness (QED) is 0.397. The highest BCUT2D eigenvalue weighted by Gasteiger charge is 2.23. The van der Waals surface area contributed by atoms with Crippen molar-refractivity contribution in [3.63, 3.8) is 0 Å². The maximum atomic E-state index is 13.0. The third-order valence-electron chi connectivity index (χ3n) is 4.89. The lowest BCUT2D eigenvalue weighted by molar-refractivity contribution is 0.450. The van der Waals surface area contributed by atoms with Gasteiger partial charge in [0.2, 0.25) is 10.0 Å². The normalized spacial score (nSPS) is 12.0. The molecule has 0 fully saturated rings. The number of imidazole rings is 1. The van der Waals surface area contributed by atoms with E-state index >= 15 is 0 Å². The molecule has 30 heavy (non-hydrogen) atoms. The smallest absolute Gasteiger partial charge is 0.243 e. The molecule has 8 heteroatoms. The van der Waals surface area contributed by atoms with Gasteiger partial charge in [-0.3, -0.25) is 0 Å². The molecular weight excluding hydrogens is 441 g/mol. The van der Waals surface area contributed by atoms with E-state index in [9.17, 15) is 8.42 Å². The second-order valence-electron chi connectivity index (χ2n) is 6.91. The van der Waals surface area contributed by atoms with Gasteiger partial charge in [-0.2, -0.15) is 4.31 Å². The van der Waals surface area contributed by atoms with E-state index in [2.05, 4.69) is 0 Å².